The van der Waals surface area contributed by atoms with Crippen molar-refractivity contribution < 1.29 is 18.4 Å². The third-order valence-corrected chi connectivity index (χ3v) is 9.91. The summed E-state index contributed by atoms with van der Waals surface area (Å²) in [5.74, 6) is -0.156. The van der Waals surface area contributed by atoms with Gasteiger partial charge in [-0.3, -0.25) is 4.79 Å². The molecule has 5 nitrogen and oxygen atoms in total. The third-order valence-electron chi connectivity index (χ3n) is 5.46. The minimum Gasteiger partial charge on any atom is -0.469 e. The van der Waals surface area contributed by atoms with Crippen molar-refractivity contribution in [2.45, 2.75) is 51.6 Å². The molecule has 2 aromatic rings. The first-order chi connectivity index (χ1) is 13.2. The van der Waals surface area contributed by atoms with Crippen molar-refractivity contribution in [3.63, 3.8) is 0 Å². The third kappa shape index (κ3) is 5.80. The highest BCUT2D eigenvalue weighted by Crippen LogP contribution is 2.42. The van der Waals surface area contributed by atoms with Crippen LogP contribution >= 0.6 is 0 Å². The van der Waals surface area contributed by atoms with Gasteiger partial charge in [-0.15, -0.1) is 0 Å². The van der Waals surface area contributed by atoms with Crippen molar-refractivity contribution in [3.8, 4) is 0 Å². The van der Waals surface area contributed by atoms with E-state index in [1.165, 1.54) is 7.11 Å². The Hall–Kier alpha value is -1.89. The van der Waals surface area contributed by atoms with Crippen molar-refractivity contribution in [1.29, 1.82) is 0 Å². The summed E-state index contributed by atoms with van der Waals surface area (Å²) >= 11 is 0. The summed E-state index contributed by atoms with van der Waals surface area (Å²) < 4.78 is 17.4. The average molecular weight is 404 g/mol. The molecule has 1 N–H and O–H groups in total. The Kier molecular flexibility index (Phi) is 7.63. The number of benzene rings is 1. The second-order valence-corrected chi connectivity index (χ2v) is 13.3. The number of carbonyl (C=O) groups excluding carboxylic acids is 1. The minimum absolute atomic E-state index is 0.00990. The van der Waals surface area contributed by atoms with Gasteiger partial charge >= 0.3 is 5.97 Å². The number of furan rings is 1. The van der Waals surface area contributed by atoms with E-state index < -0.39 is 20.3 Å². The predicted octanol–water partition coefficient (Wildman–Crippen LogP) is 4.92. The van der Waals surface area contributed by atoms with E-state index in [1.807, 2.05) is 30.3 Å². The van der Waals surface area contributed by atoms with E-state index in [-0.39, 0.29) is 11.0 Å². The van der Waals surface area contributed by atoms with Gasteiger partial charge in [0.25, 0.3) is 0 Å². The second-order valence-electron chi connectivity index (χ2n) is 8.56. The maximum Gasteiger partial charge on any atom is 0.313 e. The van der Waals surface area contributed by atoms with Crippen LogP contribution in [0, 0.1) is 5.92 Å². The zero-order chi connectivity index (χ0) is 20.8. The van der Waals surface area contributed by atoms with Crippen molar-refractivity contribution >= 4 is 14.3 Å². The molecule has 0 aliphatic heterocycles. The average Bonchev–Trinajstić information content (AvgIpc) is 3.17. The monoisotopic (exact) mass is 403 g/mol. The number of esters is 1. The van der Waals surface area contributed by atoms with Crippen molar-refractivity contribution in [2.75, 3.05) is 13.7 Å². The lowest BCUT2D eigenvalue weighted by Gasteiger charge is -2.40. The summed E-state index contributed by atoms with van der Waals surface area (Å²) in [6.45, 7) is 12.0. The van der Waals surface area contributed by atoms with Crippen LogP contribution in [0.3, 0.4) is 0 Å². The fraction of sp³-hybridized carbons (Fsp3) is 0.500. The lowest BCUT2D eigenvalue weighted by atomic mass is 10.0. The van der Waals surface area contributed by atoms with Gasteiger partial charge in [0, 0.05) is 13.1 Å². The summed E-state index contributed by atoms with van der Waals surface area (Å²) in [4.78, 5) is 12.7. The van der Waals surface area contributed by atoms with Crippen LogP contribution < -0.4 is 5.32 Å². The highest BCUT2D eigenvalue weighted by molar-refractivity contribution is 6.74. The maximum absolute atomic E-state index is 12.7. The summed E-state index contributed by atoms with van der Waals surface area (Å²) in [6, 6.07) is 13.8. The number of methoxy groups -OCH3 is 1. The van der Waals surface area contributed by atoms with Crippen LogP contribution in [0.4, 0.5) is 0 Å². The van der Waals surface area contributed by atoms with E-state index in [1.54, 1.807) is 6.26 Å². The summed E-state index contributed by atoms with van der Waals surface area (Å²) in [5, 5.41) is 3.39. The molecule has 0 amide bonds. The van der Waals surface area contributed by atoms with Gasteiger partial charge in [0.15, 0.2) is 8.32 Å². The molecule has 0 saturated carbocycles. The molecule has 1 aromatic carbocycles. The first kappa shape index (κ1) is 22.4. The standard InChI is InChI=1S/C22H33NO4Si/c1-22(2,3)28(5,6)27-20(19-13-10-14-26-19)18(21(24)25-4)16-23-15-17-11-8-7-9-12-17/h7-14,18,20,23H,15-16H2,1-6H3/t18-,20-/m1/s1. The molecule has 2 rings (SSSR count). The Morgan fingerprint density at radius 2 is 1.82 bits per heavy atom. The molecule has 0 spiro atoms. The molecule has 1 aromatic heterocycles. The van der Waals surface area contributed by atoms with Crippen LogP contribution in [0.15, 0.2) is 53.1 Å². The zero-order valence-corrected chi connectivity index (χ0v) is 18.8. The molecule has 2 atom stereocenters. The van der Waals surface area contributed by atoms with Gasteiger partial charge in [0.2, 0.25) is 0 Å². The maximum atomic E-state index is 12.7. The van der Waals surface area contributed by atoms with E-state index in [4.69, 9.17) is 13.6 Å². The highest BCUT2D eigenvalue weighted by Gasteiger charge is 2.43. The number of ether oxygens (including phenoxy) is 1. The van der Waals surface area contributed by atoms with Crippen LogP contribution in [0.2, 0.25) is 18.1 Å². The molecular weight excluding hydrogens is 370 g/mol. The van der Waals surface area contributed by atoms with Gasteiger partial charge in [-0.1, -0.05) is 51.1 Å². The fourth-order valence-corrected chi connectivity index (χ4v) is 3.99. The molecule has 28 heavy (non-hydrogen) atoms. The SMILES string of the molecule is COC(=O)[C@H](CNCc1ccccc1)[C@@H](O[Si](C)(C)C(C)(C)C)c1ccco1. The van der Waals surface area contributed by atoms with Crippen LogP contribution in [0.1, 0.15) is 38.2 Å². The van der Waals surface area contributed by atoms with E-state index in [0.29, 0.717) is 18.8 Å². The molecule has 154 valence electrons. The van der Waals surface area contributed by atoms with E-state index in [0.717, 1.165) is 5.56 Å². The molecule has 0 radical (unpaired) electrons. The molecule has 0 unspecified atom stereocenters. The quantitative estimate of drug-likeness (QED) is 0.475. The predicted molar refractivity (Wildman–Crippen MR) is 113 cm³/mol. The number of rotatable bonds is 9. The van der Waals surface area contributed by atoms with Crippen molar-refractivity contribution in [3.05, 3.63) is 60.1 Å². The highest BCUT2D eigenvalue weighted by atomic mass is 28.4. The molecule has 0 saturated heterocycles. The van der Waals surface area contributed by atoms with Gasteiger partial charge < -0.3 is 18.9 Å². The molecule has 0 aliphatic carbocycles. The van der Waals surface area contributed by atoms with Crippen molar-refractivity contribution in [1.82, 2.24) is 5.32 Å². The number of hydrogen-bond donors (Lipinski definition) is 1. The summed E-state index contributed by atoms with van der Waals surface area (Å²) in [7, 11) is -0.729. The molecule has 6 heteroatoms. The van der Waals surface area contributed by atoms with Crippen LogP contribution in [0.5, 0.6) is 0 Å². The number of hydrogen-bond acceptors (Lipinski definition) is 5. The molecule has 0 aliphatic rings. The first-order valence-corrected chi connectivity index (χ1v) is 12.6. The minimum atomic E-state index is -2.14. The Balaban J connectivity index is 2.22. The largest absolute Gasteiger partial charge is 0.469 e. The molecule has 0 fully saturated rings. The van der Waals surface area contributed by atoms with Crippen LogP contribution in [-0.4, -0.2) is 27.9 Å². The Morgan fingerprint density at radius 1 is 1.14 bits per heavy atom. The molecule has 1 heterocycles. The van der Waals surface area contributed by atoms with E-state index in [9.17, 15) is 4.79 Å². The van der Waals surface area contributed by atoms with Gasteiger partial charge in [-0.2, -0.15) is 0 Å². The van der Waals surface area contributed by atoms with Gasteiger partial charge in [-0.25, -0.2) is 0 Å². The smallest absolute Gasteiger partial charge is 0.313 e. The fourth-order valence-electron chi connectivity index (χ4n) is 2.72. The Morgan fingerprint density at radius 3 is 2.36 bits per heavy atom. The van der Waals surface area contributed by atoms with Crippen LogP contribution in [-0.2, 0) is 20.5 Å². The van der Waals surface area contributed by atoms with Gasteiger partial charge in [0.1, 0.15) is 17.8 Å². The topological polar surface area (TPSA) is 60.7 Å². The van der Waals surface area contributed by atoms with E-state index in [2.05, 4.69) is 51.3 Å². The summed E-state index contributed by atoms with van der Waals surface area (Å²) in [6.07, 6.45) is 1.12. The molecular formula is C22H33NO4Si. The van der Waals surface area contributed by atoms with Gasteiger partial charge in [0.05, 0.1) is 13.4 Å². The number of nitrogens with one attached hydrogen (secondary N) is 1. The Bertz CT molecular complexity index is 723. The first-order valence-electron chi connectivity index (χ1n) is 9.69. The number of carbonyl (C=O) groups is 1. The van der Waals surface area contributed by atoms with Crippen molar-refractivity contribution in [2.24, 2.45) is 5.92 Å². The van der Waals surface area contributed by atoms with Crippen LogP contribution in [0.25, 0.3) is 0 Å². The second kappa shape index (κ2) is 9.54. The lowest BCUT2D eigenvalue weighted by Crippen LogP contribution is -2.45. The normalized spacial score (nSPS) is 14.5. The Labute approximate surface area is 169 Å². The lowest BCUT2D eigenvalue weighted by molar-refractivity contribution is -0.149. The van der Waals surface area contributed by atoms with Gasteiger partial charge in [-0.05, 0) is 35.8 Å². The van der Waals surface area contributed by atoms with E-state index >= 15 is 0 Å². The molecule has 0 bridgehead atoms. The zero-order valence-electron chi connectivity index (χ0n) is 17.8. The summed E-state index contributed by atoms with van der Waals surface area (Å²) in [5.41, 5.74) is 1.16.